The molecule has 1 N–H and O–H groups in total. The molecule has 1 amide bonds. The lowest BCUT2D eigenvalue weighted by atomic mass is 10.0. The lowest BCUT2D eigenvalue weighted by molar-refractivity contribution is -0.119. The standard InChI is InChI=1S/C19H21ClN4OS2/c1-2-17(14-5-7-15(20)8-6-14)22-18(25)12-27-19-23-21-13-24(19)10-9-16-4-3-11-26-16/h3-8,11,13,17H,2,9-10,12H2,1H3,(H,22,25). The van der Waals surface area contributed by atoms with Crippen molar-refractivity contribution in [3.05, 3.63) is 63.6 Å². The molecule has 27 heavy (non-hydrogen) atoms. The number of amides is 1. The molecule has 1 atom stereocenters. The minimum atomic E-state index is -0.0212. The number of thiophene rings is 1. The molecule has 2 aromatic heterocycles. The number of rotatable bonds is 9. The summed E-state index contributed by atoms with van der Waals surface area (Å²) in [6.07, 6.45) is 3.47. The molecule has 0 aliphatic heterocycles. The Labute approximate surface area is 172 Å². The smallest absolute Gasteiger partial charge is 0.230 e. The monoisotopic (exact) mass is 420 g/mol. The Morgan fingerprint density at radius 1 is 1.33 bits per heavy atom. The Kier molecular flexibility index (Phi) is 7.32. The lowest BCUT2D eigenvalue weighted by Gasteiger charge is -2.17. The Hall–Kier alpha value is -1.83. The van der Waals surface area contributed by atoms with Crippen LogP contribution in [0.1, 0.15) is 29.8 Å². The molecule has 3 rings (SSSR count). The van der Waals surface area contributed by atoms with Gasteiger partial charge in [0, 0.05) is 16.4 Å². The molecule has 0 saturated carbocycles. The van der Waals surface area contributed by atoms with Crippen LogP contribution in [0, 0.1) is 0 Å². The number of hydrogen-bond acceptors (Lipinski definition) is 5. The van der Waals surface area contributed by atoms with Crippen LogP contribution in [0.4, 0.5) is 0 Å². The number of aryl methyl sites for hydroxylation is 2. The fourth-order valence-electron chi connectivity index (χ4n) is 2.68. The molecule has 2 heterocycles. The number of thioether (sulfide) groups is 1. The van der Waals surface area contributed by atoms with Crippen molar-refractivity contribution in [1.82, 2.24) is 20.1 Å². The summed E-state index contributed by atoms with van der Waals surface area (Å²) in [7, 11) is 0. The third kappa shape index (κ3) is 5.82. The van der Waals surface area contributed by atoms with Gasteiger partial charge < -0.3 is 9.88 Å². The van der Waals surface area contributed by atoms with Gasteiger partial charge in [-0.15, -0.1) is 21.5 Å². The summed E-state index contributed by atoms with van der Waals surface area (Å²) in [5.74, 6) is 0.288. The molecule has 0 spiro atoms. The van der Waals surface area contributed by atoms with Gasteiger partial charge in [0.25, 0.3) is 0 Å². The number of carbonyl (C=O) groups excluding carboxylic acids is 1. The predicted molar refractivity (Wildman–Crippen MR) is 111 cm³/mol. The van der Waals surface area contributed by atoms with Gasteiger partial charge in [0.05, 0.1) is 11.8 Å². The third-order valence-corrected chi connectivity index (χ3v) is 6.28. The first kappa shape index (κ1) is 19.9. The van der Waals surface area contributed by atoms with E-state index in [2.05, 4.69) is 33.0 Å². The fraction of sp³-hybridized carbons (Fsp3) is 0.316. The van der Waals surface area contributed by atoms with E-state index in [0.29, 0.717) is 10.8 Å². The van der Waals surface area contributed by atoms with Gasteiger partial charge in [-0.25, -0.2) is 0 Å². The summed E-state index contributed by atoms with van der Waals surface area (Å²) in [6, 6.07) is 11.7. The SMILES string of the molecule is CCC(NC(=O)CSc1nncn1CCc1cccs1)c1ccc(Cl)cc1. The van der Waals surface area contributed by atoms with Gasteiger partial charge in [-0.2, -0.15) is 0 Å². The minimum Gasteiger partial charge on any atom is -0.349 e. The van der Waals surface area contributed by atoms with Crippen LogP contribution in [0.25, 0.3) is 0 Å². The van der Waals surface area contributed by atoms with E-state index in [1.54, 1.807) is 17.7 Å². The molecular formula is C19H21ClN4OS2. The number of aromatic nitrogens is 3. The van der Waals surface area contributed by atoms with E-state index in [1.165, 1.54) is 16.6 Å². The second-order valence-corrected chi connectivity index (χ2v) is 8.42. The van der Waals surface area contributed by atoms with Crippen LogP contribution in [0.15, 0.2) is 53.3 Å². The number of carbonyl (C=O) groups is 1. The van der Waals surface area contributed by atoms with Gasteiger partial charge in [0.15, 0.2) is 5.16 Å². The first-order valence-electron chi connectivity index (χ1n) is 8.73. The molecule has 142 valence electrons. The Morgan fingerprint density at radius 3 is 2.85 bits per heavy atom. The molecular weight excluding hydrogens is 400 g/mol. The van der Waals surface area contributed by atoms with Gasteiger partial charge in [-0.3, -0.25) is 4.79 Å². The van der Waals surface area contributed by atoms with Crippen molar-refractivity contribution in [3.8, 4) is 0 Å². The van der Waals surface area contributed by atoms with Gasteiger partial charge >= 0.3 is 0 Å². The number of benzene rings is 1. The summed E-state index contributed by atoms with van der Waals surface area (Å²) in [4.78, 5) is 13.7. The highest BCUT2D eigenvalue weighted by Gasteiger charge is 2.14. The second kappa shape index (κ2) is 9.92. The van der Waals surface area contributed by atoms with Gasteiger partial charge in [-0.05, 0) is 42.0 Å². The molecule has 0 aliphatic rings. The summed E-state index contributed by atoms with van der Waals surface area (Å²) in [5.41, 5.74) is 1.05. The van der Waals surface area contributed by atoms with Crippen molar-refractivity contribution >= 4 is 40.6 Å². The van der Waals surface area contributed by atoms with E-state index in [1.807, 2.05) is 35.8 Å². The van der Waals surface area contributed by atoms with E-state index >= 15 is 0 Å². The molecule has 0 bridgehead atoms. The second-order valence-electron chi connectivity index (χ2n) is 6.00. The Balaban J connectivity index is 1.51. The van der Waals surface area contributed by atoms with Crippen molar-refractivity contribution in [3.63, 3.8) is 0 Å². The summed E-state index contributed by atoms with van der Waals surface area (Å²) >= 11 is 9.09. The normalized spacial score (nSPS) is 12.1. The van der Waals surface area contributed by atoms with Gasteiger partial charge in [0.2, 0.25) is 5.91 Å². The average Bonchev–Trinajstić information content (AvgIpc) is 3.35. The van der Waals surface area contributed by atoms with Crippen LogP contribution in [0.3, 0.4) is 0 Å². The number of hydrogen-bond donors (Lipinski definition) is 1. The zero-order valence-electron chi connectivity index (χ0n) is 15.0. The maximum absolute atomic E-state index is 12.4. The van der Waals surface area contributed by atoms with Crippen molar-refractivity contribution < 1.29 is 4.79 Å². The van der Waals surface area contributed by atoms with Gasteiger partial charge in [-0.1, -0.05) is 48.5 Å². The molecule has 5 nitrogen and oxygen atoms in total. The molecule has 1 unspecified atom stereocenters. The molecule has 0 saturated heterocycles. The topological polar surface area (TPSA) is 59.8 Å². The quantitative estimate of drug-likeness (QED) is 0.514. The van der Waals surface area contributed by atoms with E-state index < -0.39 is 0 Å². The van der Waals surface area contributed by atoms with E-state index in [9.17, 15) is 4.79 Å². The fourth-order valence-corrected chi connectivity index (χ4v) is 4.25. The zero-order valence-corrected chi connectivity index (χ0v) is 17.4. The van der Waals surface area contributed by atoms with Crippen LogP contribution < -0.4 is 5.32 Å². The highest BCUT2D eigenvalue weighted by molar-refractivity contribution is 7.99. The largest absolute Gasteiger partial charge is 0.349 e. The van der Waals surface area contributed by atoms with Crippen LogP contribution >= 0.6 is 34.7 Å². The number of nitrogens with zero attached hydrogens (tertiary/aromatic N) is 3. The van der Waals surface area contributed by atoms with Crippen LogP contribution in [0.2, 0.25) is 5.02 Å². The van der Waals surface area contributed by atoms with Crippen molar-refractivity contribution in [2.45, 2.75) is 37.5 Å². The van der Waals surface area contributed by atoms with Crippen LogP contribution in [-0.4, -0.2) is 26.4 Å². The average molecular weight is 421 g/mol. The molecule has 0 aliphatic carbocycles. The zero-order chi connectivity index (χ0) is 19.1. The number of nitrogens with one attached hydrogen (secondary N) is 1. The van der Waals surface area contributed by atoms with Crippen molar-refractivity contribution in [1.29, 1.82) is 0 Å². The Morgan fingerprint density at radius 2 is 2.15 bits per heavy atom. The minimum absolute atomic E-state index is 0.0189. The molecule has 0 fully saturated rings. The first-order valence-corrected chi connectivity index (χ1v) is 11.0. The molecule has 8 heteroatoms. The summed E-state index contributed by atoms with van der Waals surface area (Å²) < 4.78 is 1.99. The number of halogens is 1. The predicted octanol–water partition coefficient (Wildman–Crippen LogP) is 4.60. The Bertz CT molecular complexity index is 849. The molecule has 0 radical (unpaired) electrons. The van der Waals surface area contributed by atoms with E-state index in [0.717, 1.165) is 30.1 Å². The highest BCUT2D eigenvalue weighted by Crippen LogP contribution is 2.21. The van der Waals surface area contributed by atoms with Crippen LogP contribution in [0.5, 0.6) is 0 Å². The molecule has 3 aromatic rings. The maximum Gasteiger partial charge on any atom is 0.230 e. The van der Waals surface area contributed by atoms with Crippen molar-refractivity contribution in [2.75, 3.05) is 5.75 Å². The first-order chi connectivity index (χ1) is 13.2. The van der Waals surface area contributed by atoms with Crippen molar-refractivity contribution in [2.24, 2.45) is 0 Å². The highest BCUT2D eigenvalue weighted by atomic mass is 35.5. The van der Waals surface area contributed by atoms with Gasteiger partial charge in [0.1, 0.15) is 6.33 Å². The van der Waals surface area contributed by atoms with E-state index in [-0.39, 0.29) is 11.9 Å². The van der Waals surface area contributed by atoms with Crippen LogP contribution in [-0.2, 0) is 17.8 Å². The maximum atomic E-state index is 12.4. The third-order valence-electron chi connectivity index (χ3n) is 4.11. The summed E-state index contributed by atoms with van der Waals surface area (Å²) in [5, 5.41) is 14.7. The lowest BCUT2D eigenvalue weighted by Crippen LogP contribution is -2.29. The summed E-state index contributed by atoms with van der Waals surface area (Å²) in [6.45, 7) is 2.85. The van der Waals surface area contributed by atoms with E-state index in [4.69, 9.17) is 11.6 Å². The molecule has 1 aromatic carbocycles.